The van der Waals surface area contributed by atoms with Crippen LogP contribution in [0.5, 0.6) is 0 Å². The number of thiocarbonyl (C=S) groups is 1. The van der Waals surface area contributed by atoms with Crippen molar-refractivity contribution >= 4 is 57.4 Å². The fourth-order valence-corrected chi connectivity index (χ4v) is 5.95. The Morgan fingerprint density at radius 3 is 2.49 bits per heavy atom. The lowest BCUT2D eigenvalue weighted by Crippen LogP contribution is -2.47. The fraction of sp³-hybridized carbons (Fsp3) is 0.333. The number of rotatable bonds is 5. The SMILES string of the molecule is Cc1cccn2c(=O)c(/C=C3/SC(=S)N(CC(C)C)C3=O)c(N3CCN(c4ccccc4F)CC3)nc12. The van der Waals surface area contributed by atoms with Crippen molar-refractivity contribution in [2.75, 3.05) is 42.5 Å². The molecule has 0 N–H and O–H groups in total. The molecule has 1 amide bonds. The maximum absolute atomic E-state index is 14.4. The first-order valence-corrected chi connectivity index (χ1v) is 13.5. The van der Waals surface area contributed by atoms with Crippen LogP contribution in [0.15, 0.2) is 52.3 Å². The summed E-state index contributed by atoms with van der Waals surface area (Å²) >= 11 is 6.68. The van der Waals surface area contributed by atoms with Gasteiger partial charge >= 0.3 is 0 Å². The molecule has 1 aromatic carbocycles. The van der Waals surface area contributed by atoms with Crippen molar-refractivity contribution < 1.29 is 9.18 Å². The third kappa shape index (κ3) is 4.87. The molecule has 2 aliphatic rings. The highest BCUT2D eigenvalue weighted by molar-refractivity contribution is 8.26. The number of nitrogens with zero attached hydrogens (tertiary/aromatic N) is 5. The summed E-state index contributed by atoms with van der Waals surface area (Å²) in [6.07, 6.45) is 3.33. The predicted octanol–water partition coefficient (Wildman–Crippen LogP) is 4.33. The van der Waals surface area contributed by atoms with E-state index in [-0.39, 0.29) is 23.2 Å². The molecule has 0 spiro atoms. The van der Waals surface area contributed by atoms with Gasteiger partial charge in [0, 0.05) is 38.9 Å². The van der Waals surface area contributed by atoms with Crippen LogP contribution in [0.1, 0.15) is 25.0 Å². The van der Waals surface area contributed by atoms with E-state index in [0.29, 0.717) is 64.7 Å². The van der Waals surface area contributed by atoms with E-state index < -0.39 is 0 Å². The molecule has 2 saturated heterocycles. The zero-order chi connectivity index (χ0) is 26.3. The normalized spacial score (nSPS) is 17.6. The highest BCUT2D eigenvalue weighted by Gasteiger charge is 2.33. The summed E-state index contributed by atoms with van der Waals surface area (Å²) in [5, 5.41) is 0. The molecule has 0 atom stereocenters. The zero-order valence-electron chi connectivity index (χ0n) is 21.0. The van der Waals surface area contributed by atoms with Gasteiger partial charge in [-0.3, -0.25) is 18.9 Å². The van der Waals surface area contributed by atoms with Crippen molar-refractivity contribution in [3.05, 3.63) is 74.8 Å². The number of hydrogen-bond donors (Lipinski definition) is 0. The molecule has 0 aliphatic carbocycles. The average molecular weight is 538 g/mol. The van der Waals surface area contributed by atoms with Gasteiger partial charge in [-0.2, -0.15) is 0 Å². The number of piperazine rings is 1. The van der Waals surface area contributed by atoms with E-state index in [4.69, 9.17) is 17.2 Å². The number of benzene rings is 1. The third-order valence-electron chi connectivity index (χ3n) is 6.53. The molecule has 37 heavy (non-hydrogen) atoms. The standard InChI is InChI=1S/C27H28FN5O2S2/c1-17(2)16-33-26(35)22(37-27(33)36)15-19-24(29-23-18(3)7-6-10-32(23)25(19)34)31-13-11-30(12-14-31)21-9-5-4-8-20(21)28/h4-10,15,17H,11-14,16H2,1-3H3/b22-15+. The first-order valence-electron chi connectivity index (χ1n) is 12.3. The molecule has 0 unspecified atom stereocenters. The molecule has 0 saturated carbocycles. The number of anilines is 2. The molecule has 0 radical (unpaired) electrons. The van der Waals surface area contributed by atoms with Crippen molar-refractivity contribution in [2.45, 2.75) is 20.8 Å². The second-order valence-electron chi connectivity index (χ2n) is 9.65. The van der Waals surface area contributed by atoms with Crippen molar-refractivity contribution in [3.63, 3.8) is 0 Å². The largest absolute Gasteiger partial charge is 0.366 e. The minimum atomic E-state index is -0.252. The monoisotopic (exact) mass is 537 g/mol. The Balaban J connectivity index is 1.54. The molecule has 4 heterocycles. The van der Waals surface area contributed by atoms with Crippen molar-refractivity contribution in [3.8, 4) is 0 Å². The van der Waals surface area contributed by atoms with E-state index in [0.717, 1.165) is 5.56 Å². The van der Waals surface area contributed by atoms with Crippen molar-refractivity contribution in [1.29, 1.82) is 0 Å². The van der Waals surface area contributed by atoms with Gasteiger partial charge in [-0.25, -0.2) is 9.37 Å². The molecular weight excluding hydrogens is 509 g/mol. The van der Waals surface area contributed by atoms with E-state index in [9.17, 15) is 14.0 Å². The van der Waals surface area contributed by atoms with Gasteiger partial charge in [0.25, 0.3) is 11.5 Å². The molecule has 2 aliphatic heterocycles. The summed E-state index contributed by atoms with van der Waals surface area (Å²) in [5.41, 5.74) is 2.13. The van der Waals surface area contributed by atoms with Crippen molar-refractivity contribution in [1.82, 2.24) is 14.3 Å². The number of para-hydroxylation sites is 1. The van der Waals surface area contributed by atoms with E-state index in [1.165, 1.54) is 22.2 Å². The van der Waals surface area contributed by atoms with Crippen LogP contribution in [-0.2, 0) is 4.79 Å². The van der Waals surface area contributed by atoms with Crippen molar-refractivity contribution in [2.24, 2.45) is 5.92 Å². The van der Waals surface area contributed by atoms with E-state index in [2.05, 4.69) is 0 Å². The van der Waals surface area contributed by atoms with Crippen LogP contribution in [0, 0.1) is 18.7 Å². The second-order valence-corrected chi connectivity index (χ2v) is 11.3. The number of halogens is 1. The number of carbonyl (C=O) groups excluding carboxylic acids is 1. The quantitative estimate of drug-likeness (QED) is 0.355. The highest BCUT2D eigenvalue weighted by atomic mass is 32.2. The number of hydrogen-bond acceptors (Lipinski definition) is 7. The minimum Gasteiger partial charge on any atom is -0.366 e. The Hall–Kier alpha value is -3.24. The number of aromatic nitrogens is 2. The summed E-state index contributed by atoms with van der Waals surface area (Å²) in [7, 11) is 0. The summed E-state index contributed by atoms with van der Waals surface area (Å²) in [5.74, 6) is 0.353. The maximum Gasteiger partial charge on any atom is 0.267 e. The Morgan fingerprint density at radius 1 is 1.08 bits per heavy atom. The van der Waals surface area contributed by atoms with E-state index >= 15 is 0 Å². The summed E-state index contributed by atoms with van der Waals surface area (Å²) in [4.78, 5) is 37.9. The van der Waals surface area contributed by atoms with Gasteiger partial charge < -0.3 is 9.80 Å². The number of aryl methyl sites for hydroxylation is 1. The fourth-order valence-electron chi connectivity index (χ4n) is 4.69. The van der Waals surface area contributed by atoms with Gasteiger partial charge in [0.2, 0.25) is 0 Å². The van der Waals surface area contributed by atoms with Gasteiger partial charge in [-0.05, 0) is 42.7 Å². The van der Waals surface area contributed by atoms with Crippen LogP contribution in [0.4, 0.5) is 15.9 Å². The number of carbonyl (C=O) groups is 1. The zero-order valence-corrected chi connectivity index (χ0v) is 22.6. The topological polar surface area (TPSA) is 61.2 Å². The smallest absolute Gasteiger partial charge is 0.267 e. The van der Waals surface area contributed by atoms with Gasteiger partial charge in [-0.15, -0.1) is 0 Å². The Bertz CT molecular complexity index is 1480. The van der Waals surface area contributed by atoms with Crippen LogP contribution in [0.25, 0.3) is 11.7 Å². The van der Waals surface area contributed by atoms with Gasteiger partial charge in [0.15, 0.2) is 0 Å². The lowest BCUT2D eigenvalue weighted by Gasteiger charge is -2.37. The molecule has 192 valence electrons. The first-order chi connectivity index (χ1) is 17.7. The summed E-state index contributed by atoms with van der Waals surface area (Å²) in [6, 6.07) is 10.5. The highest BCUT2D eigenvalue weighted by Crippen LogP contribution is 2.34. The van der Waals surface area contributed by atoms with Crippen LogP contribution in [0.2, 0.25) is 0 Å². The number of thioether (sulfide) groups is 1. The van der Waals surface area contributed by atoms with E-state index in [1.54, 1.807) is 29.3 Å². The third-order valence-corrected chi connectivity index (χ3v) is 7.91. The van der Waals surface area contributed by atoms with Crippen LogP contribution < -0.4 is 15.4 Å². The molecule has 0 bridgehead atoms. The van der Waals surface area contributed by atoms with E-state index in [1.807, 2.05) is 48.8 Å². The van der Waals surface area contributed by atoms with Gasteiger partial charge in [-0.1, -0.05) is 56.0 Å². The number of amides is 1. The molecule has 3 aromatic rings. The number of pyridine rings is 1. The average Bonchev–Trinajstić information content (AvgIpc) is 3.13. The second kappa shape index (κ2) is 10.3. The molecule has 2 aromatic heterocycles. The minimum absolute atomic E-state index is 0.187. The Labute approximate surface area is 224 Å². The lowest BCUT2D eigenvalue weighted by atomic mass is 10.2. The molecular formula is C27H28FN5O2S2. The summed E-state index contributed by atoms with van der Waals surface area (Å²) in [6.45, 7) is 8.76. The molecule has 7 nitrogen and oxygen atoms in total. The van der Waals surface area contributed by atoms with Crippen LogP contribution >= 0.6 is 24.0 Å². The van der Waals surface area contributed by atoms with Gasteiger partial charge in [0.1, 0.15) is 21.6 Å². The predicted molar refractivity (Wildman–Crippen MR) is 152 cm³/mol. The van der Waals surface area contributed by atoms with Gasteiger partial charge in [0.05, 0.1) is 16.2 Å². The van der Waals surface area contributed by atoms with Crippen LogP contribution in [0.3, 0.4) is 0 Å². The van der Waals surface area contributed by atoms with Crippen LogP contribution in [-0.4, -0.2) is 57.2 Å². The summed E-state index contributed by atoms with van der Waals surface area (Å²) < 4.78 is 16.4. The first kappa shape index (κ1) is 25.4. The maximum atomic E-state index is 14.4. The Kier molecular flexibility index (Phi) is 7.04. The molecule has 5 rings (SSSR count). The lowest BCUT2D eigenvalue weighted by molar-refractivity contribution is -0.122. The molecule has 10 heteroatoms. The number of fused-ring (bicyclic) bond motifs is 1. The molecule has 2 fully saturated rings. The Morgan fingerprint density at radius 2 is 1.78 bits per heavy atom.